The maximum absolute atomic E-state index is 6.29. The normalized spacial score (nSPS) is 12.7. The molecule has 0 saturated carbocycles. The Bertz CT molecular complexity index is 561. The second kappa shape index (κ2) is 6.20. The van der Waals surface area contributed by atoms with Crippen molar-refractivity contribution in [1.29, 1.82) is 0 Å². The van der Waals surface area contributed by atoms with Crippen molar-refractivity contribution in [1.82, 2.24) is 9.78 Å². The molecule has 0 saturated heterocycles. The summed E-state index contributed by atoms with van der Waals surface area (Å²) in [6.07, 6.45) is 1.69. The van der Waals surface area contributed by atoms with Crippen molar-refractivity contribution in [3.63, 3.8) is 0 Å². The maximum atomic E-state index is 6.29. The number of hydrogen-bond acceptors (Lipinski definition) is 2. The van der Waals surface area contributed by atoms with Crippen LogP contribution in [-0.4, -0.2) is 9.78 Å². The lowest BCUT2D eigenvalue weighted by atomic mass is 10.0. The molecule has 1 aromatic carbocycles. The summed E-state index contributed by atoms with van der Waals surface area (Å²) in [7, 11) is 1.97. The van der Waals surface area contributed by atoms with E-state index in [-0.39, 0.29) is 6.04 Å². The minimum atomic E-state index is -0.0236. The Labute approximate surface area is 130 Å². The molecule has 0 aliphatic heterocycles. The van der Waals surface area contributed by atoms with Crippen LogP contribution in [-0.2, 0) is 19.9 Å². The Morgan fingerprint density at radius 2 is 1.89 bits per heavy atom. The number of nitrogens with zero attached hydrogens (tertiary/aromatic N) is 2. The Morgan fingerprint density at radius 1 is 1.26 bits per heavy atom. The third-order valence-electron chi connectivity index (χ3n) is 3.21. The van der Waals surface area contributed by atoms with Crippen LogP contribution in [0.25, 0.3) is 0 Å². The lowest BCUT2D eigenvalue weighted by Crippen LogP contribution is -2.15. The Morgan fingerprint density at radius 3 is 2.42 bits per heavy atom. The lowest BCUT2D eigenvalue weighted by Gasteiger charge is -2.13. The van der Waals surface area contributed by atoms with Gasteiger partial charge in [0.2, 0.25) is 0 Å². The first kappa shape index (κ1) is 14.8. The number of aromatic nitrogens is 2. The highest BCUT2D eigenvalue weighted by atomic mass is 79.9. The van der Waals surface area contributed by atoms with Gasteiger partial charge in [-0.3, -0.25) is 4.68 Å². The Balaban J connectivity index is 2.21. The smallest absolute Gasteiger partial charge is 0.0766 e. The van der Waals surface area contributed by atoms with Crippen molar-refractivity contribution < 1.29 is 0 Å². The summed E-state index contributed by atoms with van der Waals surface area (Å²) in [6.45, 7) is 2.10. The molecule has 3 nitrogen and oxygen atoms in total. The number of nitrogens with two attached hydrogens (primary N) is 1. The Hall–Kier alpha value is -0.650. The van der Waals surface area contributed by atoms with E-state index >= 15 is 0 Å². The molecule has 102 valence electrons. The van der Waals surface area contributed by atoms with Gasteiger partial charge in [-0.05, 0) is 40.0 Å². The first-order valence-corrected chi connectivity index (χ1v) is 7.82. The van der Waals surface area contributed by atoms with Gasteiger partial charge < -0.3 is 5.73 Å². The molecule has 0 aliphatic rings. The van der Waals surface area contributed by atoms with Crippen molar-refractivity contribution in [3.05, 3.63) is 50.2 Å². The average Bonchev–Trinajstić information content (AvgIpc) is 2.67. The fourth-order valence-corrected chi connectivity index (χ4v) is 3.12. The SMILES string of the molecule is CCc1nn(C)c(CC(N)c2ccc(Br)cc2)c1Br. The summed E-state index contributed by atoms with van der Waals surface area (Å²) >= 11 is 7.06. The molecule has 5 heteroatoms. The molecule has 2 N–H and O–H groups in total. The van der Waals surface area contributed by atoms with Gasteiger partial charge in [-0.15, -0.1) is 0 Å². The summed E-state index contributed by atoms with van der Waals surface area (Å²) in [5.41, 5.74) is 9.65. The van der Waals surface area contributed by atoms with Gasteiger partial charge in [-0.2, -0.15) is 5.10 Å². The molecular formula is C14H17Br2N3. The summed E-state index contributed by atoms with van der Waals surface area (Å²) in [6, 6.07) is 8.12. The van der Waals surface area contributed by atoms with Gasteiger partial charge in [-0.1, -0.05) is 35.0 Å². The van der Waals surface area contributed by atoms with Crippen LogP contribution in [0.1, 0.15) is 29.9 Å². The van der Waals surface area contributed by atoms with E-state index in [1.807, 2.05) is 23.9 Å². The van der Waals surface area contributed by atoms with Crippen molar-refractivity contribution in [2.75, 3.05) is 0 Å². The predicted octanol–water partition coefficient (Wildman–Crippen LogP) is 3.75. The molecule has 0 radical (unpaired) electrons. The second-order valence-corrected chi connectivity index (χ2v) is 6.26. The molecule has 19 heavy (non-hydrogen) atoms. The molecule has 1 unspecified atom stereocenters. The van der Waals surface area contributed by atoms with Crippen LogP contribution in [0.2, 0.25) is 0 Å². The minimum Gasteiger partial charge on any atom is -0.324 e. The fraction of sp³-hybridized carbons (Fsp3) is 0.357. The van der Waals surface area contributed by atoms with Crippen LogP contribution in [0.3, 0.4) is 0 Å². The Kier molecular flexibility index (Phi) is 4.81. The van der Waals surface area contributed by atoms with Crippen LogP contribution < -0.4 is 5.73 Å². The van der Waals surface area contributed by atoms with Crippen LogP contribution in [0.15, 0.2) is 33.2 Å². The van der Waals surface area contributed by atoms with Gasteiger partial charge in [0.1, 0.15) is 0 Å². The highest BCUT2D eigenvalue weighted by molar-refractivity contribution is 9.10. The van der Waals surface area contributed by atoms with E-state index in [1.54, 1.807) is 0 Å². The molecule has 0 fully saturated rings. The molecule has 1 atom stereocenters. The quantitative estimate of drug-likeness (QED) is 0.869. The summed E-state index contributed by atoms with van der Waals surface area (Å²) < 4.78 is 4.07. The van der Waals surface area contributed by atoms with Crippen molar-refractivity contribution in [2.24, 2.45) is 12.8 Å². The molecule has 2 rings (SSSR count). The van der Waals surface area contributed by atoms with Crippen molar-refractivity contribution in [3.8, 4) is 0 Å². The summed E-state index contributed by atoms with van der Waals surface area (Å²) in [5, 5.41) is 4.50. The van der Waals surface area contributed by atoms with Gasteiger partial charge in [0.15, 0.2) is 0 Å². The van der Waals surface area contributed by atoms with Gasteiger partial charge >= 0.3 is 0 Å². The number of hydrogen-bond donors (Lipinski definition) is 1. The number of halogens is 2. The number of rotatable bonds is 4. The van der Waals surface area contributed by atoms with E-state index in [9.17, 15) is 0 Å². The predicted molar refractivity (Wildman–Crippen MR) is 85.1 cm³/mol. The molecule has 1 heterocycles. The minimum absolute atomic E-state index is 0.0236. The second-order valence-electron chi connectivity index (χ2n) is 4.55. The van der Waals surface area contributed by atoms with E-state index < -0.39 is 0 Å². The number of aryl methyl sites for hydroxylation is 2. The van der Waals surface area contributed by atoms with E-state index in [0.717, 1.165) is 38.7 Å². The standard InChI is InChI=1S/C14H17Br2N3/c1-3-12-14(16)13(19(2)18-12)8-11(17)9-4-6-10(15)7-5-9/h4-7,11H,3,8,17H2,1-2H3. The third kappa shape index (κ3) is 3.27. The summed E-state index contributed by atoms with van der Waals surface area (Å²) in [5.74, 6) is 0. The van der Waals surface area contributed by atoms with Crippen LogP contribution in [0.4, 0.5) is 0 Å². The van der Waals surface area contributed by atoms with Crippen molar-refractivity contribution >= 4 is 31.9 Å². The van der Waals surface area contributed by atoms with E-state index in [1.165, 1.54) is 0 Å². The monoisotopic (exact) mass is 385 g/mol. The fourth-order valence-electron chi connectivity index (χ4n) is 2.08. The van der Waals surface area contributed by atoms with E-state index in [0.29, 0.717) is 0 Å². The zero-order valence-electron chi connectivity index (χ0n) is 11.0. The van der Waals surface area contributed by atoms with Gasteiger partial charge in [0, 0.05) is 24.0 Å². The van der Waals surface area contributed by atoms with Crippen molar-refractivity contribution in [2.45, 2.75) is 25.8 Å². The maximum Gasteiger partial charge on any atom is 0.0766 e. The molecular weight excluding hydrogens is 370 g/mol. The largest absolute Gasteiger partial charge is 0.324 e. The van der Waals surface area contributed by atoms with Crippen LogP contribution >= 0.6 is 31.9 Å². The van der Waals surface area contributed by atoms with Gasteiger partial charge in [0.25, 0.3) is 0 Å². The highest BCUT2D eigenvalue weighted by Crippen LogP contribution is 2.26. The van der Waals surface area contributed by atoms with Gasteiger partial charge in [0.05, 0.1) is 15.9 Å². The van der Waals surface area contributed by atoms with E-state index in [2.05, 4.69) is 56.0 Å². The topological polar surface area (TPSA) is 43.8 Å². The molecule has 0 amide bonds. The highest BCUT2D eigenvalue weighted by Gasteiger charge is 2.16. The number of benzene rings is 1. The summed E-state index contributed by atoms with van der Waals surface area (Å²) in [4.78, 5) is 0. The van der Waals surface area contributed by atoms with Gasteiger partial charge in [-0.25, -0.2) is 0 Å². The van der Waals surface area contributed by atoms with E-state index in [4.69, 9.17) is 5.73 Å². The zero-order valence-corrected chi connectivity index (χ0v) is 14.2. The molecule has 1 aromatic heterocycles. The molecule has 0 spiro atoms. The average molecular weight is 387 g/mol. The molecule has 0 aliphatic carbocycles. The molecule has 2 aromatic rings. The third-order valence-corrected chi connectivity index (χ3v) is 4.66. The van der Waals surface area contributed by atoms with Crippen LogP contribution in [0.5, 0.6) is 0 Å². The first-order valence-electron chi connectivity index (χ1n) is 6.24. The molecule has 0 bridgehead atoms. The van der Waals surface area contributed by atoms with Crippen LogP contribution in [0, 0.1) is 0 Å². The first-order chi connectivity index (χ1) is 9.02. The lowest BCUT2D eigenvalue weighted by molar-refractivity contribution is 0.637. The zero-order chi connectivity index (χ0) is 14.0.